The Morgan fingerprint density at radius 1 is 1.67 bits per heavy atom. The highest BCUT2D eigenvalue weighted by molar-refractivity contribution is 5.89. The molecule has 1 aromatic rings. The second-order valence-corrected chi connectivity index (χ2v) is 2.61. The second-order valence-electron chi connectivity index (χ2n) is 2.61. The Labute approximate surface area is 83.5 Å². The van der Waals surface area contributed by atoms with Crippen molar-refractivity contribution in [2.45, 2.75) is 6.43 Å². The van der Waals surface area contributed by atoms with Crippen molar-refractivity contribution in [1.29, 1.82) is 0 Å². The average molecular weight is 218 g/mol. The first kappa shape index (κ1) is 11.2. The van der Waals surface area contributed by atoms with Crippen molar-refractivity contribution in [1.82, 2.24) is 4.98 Å². The molecule has 82 valence electrons. The Morgan fingerprint density at radius 3 is 2.67 bits per heavy atom. The van der Waals surface area contributed by atoms with Crippen molar-refractivity contribution < 1.29 is 23.4 Å². The smallest absolute Gasteiger partial charge is 0.355 e. The summed E-state index contributed by atoms with van der Waals surface area (Å²) in [5.41, 5.74) is 3.34. The minimum absolute atomic E-state index is 0.0738. The molecule has 0 saturated carbocycles. The van der Waals surface area contributed by atoms with Crippen LogP contribution >= 0.6 is 0 Å². The number of alkyl halides is 2. The third-order valence-electron chi connectivity index (χ3n) is 1.76. The van der Waals surface area contributed by atoms with Crippen molar-refractivity contribution in [2.24, 2.45) is 0 Å². The van der Waals surface area contributed by atoms with E-state index in [1.54, 1.807) is 0 Å². The van der Waals surface area contributed by atoms with Crippen LogP contribution in [0, 0.1) is 0 Å². The standard InChI is InChI=1S/C8H8F2N2O3/c1-15-3-2-12-6(8(13)14)4(5(3)11)7(9)10/h2,7H,1H3,(H2,11,12)(H,13,14). The summed E-state index contributed by atoms with van der Waals surface area (Å²) >= 11 is 0. The van der Waals surface area contributed by atoms with E-state index in [2.05, 4.69) is 9.72 Å². The maximum Gasteiger partial charge on any atom is 0.355 e. The normalized spacial score (nSPS) is 10.4. The predicted molar refractivity (Wildman–Crippen MR) is 47.1 cm³/mol. The van der Waals surface area contributed by atoms with E-state index in [1.807, 2.05) is 0 Å². The molecule has 0 radical (unpaired) electrons. The minimum Gasteiger partial charge on any atom is -0.493 e. The Balaban J connectivity index is 3.44. The van der Waals surface area contributed by atoms with E-state index < -0.39 is 29.3 Å². The number of methoxy groups -OCH3 is 1. The number of pyridine rings is 1. The lowest BCUT2D eigenvalue weighted by molar-refractivity contribution is 0.0677. The van der Waals surface area contributed by atoms with Crippen molar-refractivity contribution in [3.8, 4) is 5.75 Å². The highest BCUT2D eigenvalue weighted by Crippen LogP contribution is 2.33. The summed E-state index contributed by atoms with van der Waals surface area (Å²) in [5.74, 6) is -1.63. The molecule has 0 aliphatic heterocycles. The van der Waals surface area contributed by atoms with Crippen molar-refractivity contribution in [3.05, 3.63) is 17.5 Å². The van der Waals surface area contributed by atoms with Crippen LogP contribution in [0.2, 0.25) is 0 Å². The number of ether oxygens (including phenoxy) is 1. The Hall–Kier alpha value is -1.92. The van der Waals surface area contributed by atoms with Gasteiger partial charge in [-0.1, -0.05) is 0 Å². The zero-order chi connectivity index (χ0) is 11.6. The molecule has 1 rings (SSSR count). The third-order valence-corrected chi connectivity index (χ3v) is 1.76. The number of rotatable bonds is 3. The average Bonchev–Trinajstić information content (AvgIpc) is 2.16. The first-order valence-corrected chi connectivity index (χ1v) is 3.82. The van der Waals surface area contributed by atoms with Crippen LogP contribution < -0.4 is 10.5 Å². The van der Waals surface area contributed by atoms with E-state index >= 15 is 0 Å². The lowest BCUT2D eigenvalue weighted by Crippen LogP contribution is -2.10. The SMILES string of the molecule is COc1cnc(C(=O)O)c(C(F)F)c1N. The first-order valence-electron chi connectivity index (χ1n) is 3.82. The number of carbonyl (C=O) groups is 1. The molecule has 3 N–H and O–H groups in total. The highest BCUT2D eigenvalue weighted by Gasteiger charge is 2.24. The van der Waals surface area contributed by atoms with Gasteiger partial charge in [0.05, 0.1) is 24.6 Å². The molecule has 0 saturated heterocycles. The van der Waals surface area contributed by atoms with Gasteiger partial charge in [-0.2, -0.15) is 0 Å². The van der Waals surface area contributed by atoms with E-state index in [4.69, 9.17) is 10.8 Å². The maximum absolute atomic E-state index is 12.5. The van der Waals surface area contributed by atoms with E-state index in [1.165, 1.54) is 7.11 Å². The van der Waals surface area contributed by atoms with Gasteiger partial charge in [-0.15, -0.1) is 0 Å². The molecular weight excluding hydrogens is 210 g/mol. The van der Waals surface area contributed by atoms with Crippen LogP contribution in [-0.2, 0) is 0 Å². The second kappa shape index (κ2) is 4.07. The van der Waals surface area contributed by atoms with Crippen molar-refractivity contribution >= 4 is 11.7 Å². The lowest BCUT2D eigenvalue weighted by atomic mass is 10.1. The van der Waals surface area contributed by atoms with Crippen LogP contribution in [0.4, 0.5) is 14.5 Å². The van der Waals surface area contributed by atoms with Gasteiger partial charge in [0.2, 0.25) is 0 Å². The predicted octanol–water partition coefficient (Wildman–Crippen LogP) is 1.31. The highest BCUT2D eigenvalue weighted by atomic mass is 19.3. The van der Waals surface area contributed by atoms with Gasteiger partial charge in [-0.25, -0.2) is 18.6 Å². The summed E-state index contributed by atoms with van der Waals surface area (Å²) in [6.45, 7) is 0. The summed E-state index contributed by atoms with van der Waals surface area (Å²) in [6, 6.07) is 0. The van der Waals surface area contributed by atoms with E-state index in [-0.39, 0.29) is 5.75 Å². The molecule has 15 heavy (non-hydrogen) atoms. The van der Waals surface area contributed by atoms with Crippen LogP contribution in [0.3, 0.4) is 0 Å². The number of aromatic carboxylic acids is 1. The number of hydrogen-bond acceptors (Lipinski definition) is 4. The number of nitrogens with two attached hydrogens (primary N) is 1. The van der Waals surface area contributed by atoms with Gasteiger partial charge in [0.1, 0.15) is 0 Å². The van der Waals surface area contributed by atoms with Gasteiger partial charge >= 0.3 is 5.97 Å². The zero-order valence-corrected chi connectivity index (χ0v) is 7.70. The van der Waals surface area contributed by atoms with Crippen molar-refractivity contribution in [3.63, 3.8) is 0 Å². The molecule has 0 amide bonds. The molecule has 0 spiro atoms. The van der Waals surface area contributed by atoms with Gasteiger partial charge in [-0.05, 0) is 0 Å². The quantitative estimate of drug-likeness (QED) is 0.798. The minimum atomic E-state index is -3.02. The van der Waals surface area contributed by atoms with Gasteiger partial charge in [0.15, 0.2) is 11.4 Å². The van der Waals surface area contributed by atoms with Crippen LogP contribution in [0.25, 0.3) is 0 Å². The molecule has 0 aliphatic rings. The molecule has 1 heterocycles. The number of anilines is 1. The maximum atomic E-state index is 12.5. The number of aromatic nitrogens is 1. The van der Waals surface area contributed by atoms with Crippen LogP contribution in [0.5, 0.6) is 5.75 Å². The first-order chi connectivity index (χ1) is 6.99. The van der Waals surface area contributed by atoms with Crippen LogP contribution in [-0.4, -0.2) is 23.2 Å². The molecule has 0 atom stereocenters. The third kappa shape index (κ3) is 1.95. The fourth-order valence-corrected chi connectivity index (χ4v) is 1.08. The van der Waals surface area contributed by atoms with Gasteiger partial charge in [0.25, 0.3) is 6.43 Å². The number of nitrogens with zero attached hydrogens (tertiary/aromatic N) is 1. The van der Waals surface area contributed by atoms with Gasteiger partial charge in [0, 0.05) is 0 Å². The number of carboxylic acid groups (broad SMARTS) is 1. The van der Waals surface area contributed by atoms with E-state index in [0.717, 1.165) is 6.20 Å². The lowest BCUT2D eigenvalue weighted by Gasteiger charge is -2.10. The molecular formula is C8H8F2N2O3. The zero-order valence-electron chi connectivity index (χ0n) is 7.70. The Morgan fingerprint density at radius 2 is 2.27 bits per heavy atom. The number of carboxylic acids is 1. The summed E-state index contributed by atoms with van der Waals surface area (Å²) in [5, 5.41) is 8.61. The Bertz CT molecular complexity index is 396. The van der Waals surface area contributed by atoms with E-state index in [0.29, 0.717) is 0 Å². The summed E-state index contributed by atoms with van der Waals surface area (Å²) < 4.78 is 29.7. The van der Waals surface area contributed by atoms with Crippen LogP contribution in [0.15, 0.2) is 6.20 Å². The monoisotopic (exact) mass is 218 g/mol. The molecule has 0 unspecified atom stereocenters. The van der Waals surface area contributed by atoms with Gasteiger partial charge in [-0.3, -0.25) is 0 Å². The molecule has 7 heteroatoms. The molecule has 0 fully saturated rings. The van der Waals surface area contributed by atoms with Crippen LogP contribution in [0.1, 0.15) is 22.5 Å². The molecule has 0 aromatic carbocycles. The number of halogens is 2. The number of hydrogen-bond donors (Lipinski definition) is 2. The Kier molecular flexibility index (Phi) is 3.03. The fourth-order valence-electron chi connectivity index (χ4n) is 1.08. The largest absolute Gasteiger partial charge is 0.493 e. The van der Waals surface area contributed by atoms with Gasteiger partial charge < -0.3 is 15.6 Å². The number of nitrogen functional groups attached to an aromatic ring is 1. The molecule has 1 aromatic heterocycles. The molecule has 0 aliphatic carbocycles. The van der Waals surface area contributed by atoms with Crippen molar-refractivity contribution in [2.75, 3.05) is 12.8 Å². The van der Waals surface area contributed by atoms with E-state index in [9.17, 15) is 13.6 Å². The molecule has 5 nitrogen and oxygen atoms in total. The topological polar surface area (TPSA) is 85.4 Å². The fraction of sp³-hybridized carbons (Fsp3) is 0.250. The summed E-state index contributed by atoms with van der Waals surface area (Å²) in [4.78, 5) is 13.9. The molecule has 0 bridgehead atoms. The summed E-state index contributed by atoms with van der Waals surface area (Å²) in [7, 11) is 1.23. The summed E-state index contributed by atoms with van der Waals surface area (Å²) in [6.07, 6.45) is -2.02.